The van der Waals surface area contributed by atoms with Crippen molar-refractivity contribution in [3.8, 4) is 0 Å². The second kappa shape index (κ2) is 10.1. The Balaban J connectivity index is 1.46. The van der Waals surface area contributed by atoms with E-state index in [1.807, 2.05) is 36.4 Å². The summed E-state index contributed by atoms with van der Waals surface area (Å²) >= 11 is 0. The van der Waals surface area contributed by atoms with E-state index in [9.17, 15) is 14.0 Å². The first-order valence-corrected chi connectivity index (χ1v) is 11.5. The molecule has 0 unspecified atom stereocenters. The minimum atomic E-state index is -1.05. The molecule has 0 radical (unpaired) electrons. The van der Waals surface area contributed by atoms with Gasteiger partial charge >= 0.3 is 0 Å². The summed E-state index contributed by atoms with van der Waals surface area (Å²) < 4.78 is 13.5. The van der Waals surface area contributed by atoms with Crippen molar-refractivity contribution in [2.45, 2.75) is 51.1 Å². The molecule has 34 heavy (non-hydrogen) atoms. The standard InChI is InChI=1S/C27H29FN4O2/c1-27(2,31-25(33)16-19-8-4-3-5-9-19)26(34)32-13-7-12-24(32)23-18-29-17-22(30-23)15-20-10-6-11-21(28)14-20/h3-6,8-11,14,17-18,24H,7,12-13,15-16H2,1-2H3,(H,31,33)/t24-/m0/s1. The summed E-state index contributed by atoms with van der Waals surface area (Å²) in [5, 5.41) is 2.90. The summed E-state index contributed by atoms with van der Waals surface area (Å²) in [6.07, 6.45) is 5.66. The van der Waals surface area contributed by atoms with E-state index in [4.69, 9.17) is 4.98 Å². The number of aromatic nitrogens is 2. The average Bonchev–Trinajstić information content (AvgIpc) is 3.29. The van der Waals surface area contributed by atoms with Crippen LogP contribution in [0.5, 0.6) is 0 Å². The zero-order chi connectivity index (χ0) is 24.1. The lowest BCUT2D eigenvalue weighted by Gasteiger charge is -2.33. The van der Waals surface area contributed by atoms with Gasteiger partial charge in [0.15, 0.2) is 0 Å². The number of nitrogens with zero attached hydrogens (tertiary/aromatic N) is 3. The molecule has 176 valence electrons. The summed E-state index contributed by atoms with van der Waals surface area (Å²) in [7, 11) is 0. The molecule has 0 aliphatic carbocycles. The molecule has 1 aliphatic heterocycles. The predicted molar refractivity (Wildman–Crippen MR) is 127 cm³/mol. The molecular formula is C27H29FN4O2. The van der Waals surface area contributed by atoms with E-state index in [0.717, 1.165) is 29.7 Å². The molecule has 2 heterocycles. The first kappa shape index (κ1) is 23.5. The van der Waals surface area contributed by atoms with Gasteiger partial charge in [0.05, 0.1) is 30.0 Å². The summed E-state index contributed by atoms with van der Waals surface area (Å²) in [5.74, 6) is -0.628. The number of halogens is 1. The molecule has 1 atom stereocenters. The molecule has 1 saturated heterocycles. The van der Waals surface area contributed by atoms with Crippen LogP contribution in [0.1, 0.15) is 55.2 Å². The number of benzene rings is 2. The van der Waals surface area contributed by atoms with Crippen molar-refractivity contribution >= 4 is 11.8 Å². The van der Waals surface area contributed by atoms with Gasteiger partial charge in [-0.1, -0.05) is 42.5 Å². The van der Waals surface area contributed by atoms with Crippen LogP contribution in [-0.2, 0) is 22.4 Å². The van der Waals surface area contributed by atoms with E-state index < -0.39 is 5.54 Å². The van der Waals surface area contributed by atoms with Crippen LogP contribution in [0.25, 0.3) is 0 Å². The second-order valence-corrected chi connectivity index (χ2v) is 9.23. The fourth-order valence-corrected chi connectivity index (χ4v) is 4.43. The molecule has 2 amide bonds. The highest BCUT2D eigenvalue weighted by Crippen LogP contribution is 2.32. The van der Waals surface area contributed by atoms with Crippen molar-refractivity contribution in [1.82, 2.24) is 20.2 Å². The van der Waals surface area contributed by atoms with Gasteiger partial charge in [-0.25, -0.2) is 4.39 Å². The SMILES string of the molecule is CC(C)(NC(=O)Cc1ccccc1)C(=O)N1CCC[C@H]1c1cncc(Cc2cccc(F)c2)n1. The van der Waals surface area contributed by atoms with Gasteiger partial charge in [0, 0.05) is 19.2 Å². The van der Waals surface area contributed by atoms with Gasteiger partial charge in [-0.05, 0) is 49.9 Å². The summed E-state index contributed by atoms with van der Waals surface area (Å²) in [5.41, 5.74) is 2.09. The Kier molecular flexibility index (Phi) is 7.01. The summed E-state index contributed by atoms with van der Waals surface area (Å²) in [6.45, 7) is 4.07. The van der Waals surface area contributed by atoms with Crippen LogP contribution >= 0.6 is 0 Å². The lowest BCUT2D eigenvalue weighted by molar-refractivity contribution is -0.141. The average molecular weight is 461 g/mol. The van der Waals surface area contributed by atoms with Crippen LogP contribution in [0.15, 0.2) is 67.0 Å². The Labute approximate surface area is 199 Å². The van der Waals surface area contributed by atoms with Gasteiger partial charge in [0.1, 0.15) is 11.4 Å². The maximum Gasteiger partial charge on any atom is 0.248 e. The zero-order valence-corrected chi connectivity index (χ0v) is 19.5. The highest BCUT2D eigenvalue weighted by atomic mass is 19.1. The zero-order valence-electron chi connectivity index (χ0n) is 19.5. The Morgan fingerprint density at radius 2 is 1.85 bits per heavy atom. The van der Waals surface area contributed by atoms with E-state index in [0.29, 0.717) is 18.7 Å². The number of hydrogen-bond acceptors (Lipinski definition) is 4. The minimum Gasteiger partial charge on any atom is -0.342 e. The first-order chi connectivity index (χ1) is 16.3. The monoisotopic (exact) mass is 460 g/mol. The molecule has 0 saturated carbocycles. The minimum absolute atomic E-state index is 0.145. The third-order valence-corrected chi connectivity index (χ3v) is 6.03. The molecule has 0 spiro atoms. The van der Waals surface area contributed by atoms with E-state index in [2.05, 4.69) is 10.3 Å². The number of hydrogen-bond donors (Lipinski definition) is 1. The molecular weight excluding hydrogens is 431 g/mol. The van der Waals surface area contributed by atoms with Crippen LogP contribution in [0, 0.1) is 5.82 Å². The maximum absolute atomic E-state index is 13.5. The van der Waals surface area contributed by atoms with Crippen molar-refractivity contribution in [3.05, 3.63) is 95.3 Å². The fourth-order valence-electron chi connectivity index (χ4n) is 4.43. The van der Waals surface area contributed by atoms with Gasteiger partial charge in [-0.3, -0.25) is 19.6 Å². The van der Waals surface area contributed by atoms with Crippen LogP contribution in [0.4, 0.5) is 4.39 Å². The molecule has 3 aromatic rings. The van der Waals surface area contributed by atoms with Crippen molar-refractivity contribution in [2.24, 2.45) is 0 Å². The molecule has 1 aromatic heterocycles. The molecule has 0 bridgehead atoms. The molecule has 1 aliphatic rings. The molecule has 2 aromatic carbocycles. The van der Waals surface area contributed by atoms with Crippen molar-refractivity contribution in [2.75, 3.05) is 6.54 Å². The van der Waals surface area contributed by atoms with Crippen molar-refractivity contribution < 1.29 is 14.0 Å². The van der Waals surface area contributed by atoms with Crippen LogP contribution in [0.3, 0.4) is 0 Å². The van der Waals surface area contributed by atoms with E-state index in [1.165, 1.54) is 12.1 Å². The van der Waals surface area contributed by atoms with Crippen molar-refractivity contribution in [1.29, 1.82) is 0 Å². The van der Waals surface area contributed by atoms with E-state index in [-0.39, 0.29) is 30.1 Å². The lowest BCUT2D eigenvalue weighted by atomic mass is 10.0. The van der Waals surface area contributed by atoms with Crippen LogP contribution in [-0.4, -0.2) is 38.8 Å². The number of amides is 2. The molecule has 7 heteroatoms. The molecule has 1 fully saturated rings. The number of rotatable bonds is 7. The van der Waals surface area contributed by atoms with Gasteiger partial charge in [-0.2, -0.15) is 0 Å². The Morgan fingerprint density at radius 3 is 2.62 bits per heavy atom. The number of likely N-dealkylation sites (tertiary alicyclic amines) is 1. The maximum atomic E-state index is 13.5. The topological polar surface area (TPSA) is 75.2 Å². The Hall–Kier alpha value is -3.61. The van der Waals surface area contributed by atoms with Gasteiger partial charge in [-0.15, -0.1) is 0 Å². The van der Waals surface area contributed by atoms with E-state index in [1.54, 1.807) is 37.2 Å². The molecule has 6 nitrogen and oxygen atoms in total. The van der Waals surface area contributed by atoms with Gasteiger partial charge < -0.3 is 10.2 Å². The van der Waals surface area contributed by atoms with Crippen LogP contribution in [0.2, 0.25) is 0 Å². The quantitative estimate of drug-likeness (QED) is 0.578. The summed E-state index contributed by atoms with van der Waals surface area (Å²) in [4.78, 5) is 37.0. The fraction of sp³-hybridized carbons (Fsp3) is 0.333. The van der Waals surface area contributed by atoms with Gasteiger partial charge in [0.2, 0.25) is 11.8 Å². The Bertz CT molecular complexity index is 1170. The molecule has 1 N–H and O–H groups in total. The van der Waals surface area contributed by atoms with E-state index >= 15 is 0 Å². The highest BCUT2D eigenvalue weighted by molar-refractivity contribution is 5.91. The Morgan fingerprint density at radius 1 is 1.09 bits per heavy atom. The summed E-state index contributed by atoms with van der Waals surface area (Å²) in [6, 6.07) is 15.7. The normalized spacial score (nSPS) is 15.9. The van der Waals surface area contributed by atoms with Gasteiger partial charge in [0.25, 0.3) is 0 Å². The predicted octanol–water partition coefficient (Wildman–Crippen LogP) is 4.01. The smallest absolute Gasteiger partial charge is 0.248 e. The molecule has 4 rings (SSSR count). The first-order valence-electron chi connectivity index (χ1n) is 11.5. The number of carbonyl (C=O) groups excluding carboxylic acids is 2. The number of nitrogens with one attached hydrogen (secondary N) is 1. The third kappa shape index (κ3) is 5.65. The second-order valence-electron chi connectivity index (χ2n) is 9.23. The third-order valence-electron chi connectivity index (χ3n) is 6.03. The number of carbonyl (C=O) groups is 2. The highest BCUT2D eigenvalue weighted by Gasteiger charge is 2.39. The van der Waals surface area contributed by atoms with Crippen LogP contribution < -0.4 is 5.32 Å². The lowest BCUT2D eigenvalue weighted by Crippen LogP contribution is -2.56. The van der Waals surface area contributed by atoms with Crippen molar-refractivity contribution in [3.63, 3.8) is 0 Å². The largest absolute Gasteiger partial charge is 0.342 e.